The number of aliphatic hydroxyl groups is 1. The molecule has 114 valence electrons. The zero-order chi connectivity index (χ0) is 14.6. The molecule has 0 amide bonds. The second-order valence-electron chi connectivity index (χ2n) is 5.73. The van der Waals surface area contributed by atoms with Crippen molar-refractivity contribution in [2.45, 2.75) is 31.9 Å². The van der Waals surface area contributed by atoms with Gasteiger partial charge in [-0.3, -0.25) is 0 Å². The Kier molecular flexibility index (Phi) is 6.41. The van der Waals surface area contributed by atoms with Crippen LogP contribution in [0.2, 0.25) is 0 Å². The first-order valence-electron chi connectivity index (χ1n) is 7.14. The van der Waals surface area contributed by atoms with Gasteiger partial charge in [-0.1, -0.05) is 74.5 Å². The van der Waals surface area contributed by atoms with Crippen LogP contribution in [-0.2, 0) is 5.60 Å². The Balaban J connectivity index is 0.00000220. The van der Waals surface area contributed by atoms with Crippen LogP contribution in [0.1, 0.15) is 31.4 Å². The van der Waals surface area contributed by atoms with Gasteiger partial charge in [0.15, 0.2) is 0 Å². The lowest BCUT2D eigenvalue weighted by molar-refractivity contribution is 0.0442. The molecule has 3 heteroatoms. The molecule has 0 heterocycles. The SMILES string of the molecule is CC(C)CC(N)C(O)(c1ccccc1)c1ccccc1.Cl. The molecule has 3 N–H and O–H groups in total. The van der Waals surface area contributed by atoms with Gasteiger partial charge in [0.25, 0.3) is 0 Å². The minimum Gasteiger partial charge on any atom is -0.379 e. The number of nitrogens with two attached hydrogens (primary N) is 1. The van der Waals surface area contributed by atoms with E-state index in [1.54, 1.807) is 0 Å². The standard InChI is InChI=1S/C18H23NO.ClH/c1-14(2)13-17(19)18(20,15-9-5-3-6-10-15)16-11-7-4-8-12-16;/h3-12,14,17,20H,13,19H2,1-2H3;1H. The van der Waals surface area contributed by atoms with Crippen LogP contribution in [0.15, 0.2) is 60.7 Å². The van der Waals surface area contributed by atoms with Gasteiger partial charge in [0.2, 0.25) is 0 Å². The molecule has 1 unspecified atom stereocenters. The molecule has 0 spiro atoms. The Labute approximate surface area is 133 Å². The van der Waals surface area contributed by atoms with E-state index in [0.29, 0.717) is 5.92 Å². The Bertz CT molecular complexity index is 488. The van der Waals surface area contributed by atoms with Gasteiger partial charge >= 0.3 is 0 Å². The van der Waals surface area contributed by atoms with Crippen LogP contribution < -0.4 is 5.73 Å². The molecule has 0 aliphatic rings. The molecular formula is C18H24ClNO. The zero-order valence-electron chi connectivity index (χ0n) is 12.6. The fraction of sp³-hybridized carbons (Fsp3) is 0.333. The summed E-state index contributed by atoms with van der Waals surface area (Å²) in [7, 11) is 0. The molecule has 21 heavy (non-hydrogen) atoms. The fourth-order valence-electron chi connectivity index (χ4n) is 2.66. The van der Waals surface area contributed by atoms with Crippen LogP contribution in [0.25, 0.3) is 0 Å². The predicted octanol–water partition coefficient (Wildman–Crippen LogP) is 3.72. The van der Waals surface area contributed by atoms with E-state index < -0.39 is 5.60 Å². The summed E-state index contributed by atoms with van der Waals surface area (Å²) < 4.78 is 0. The lowest BCUT2D eigenvalue weighted by Crippen LogP contribution is -2.47. The van der Waals surface area contributed by atoms with Crippen LogP contribution in [-0.4, -0.2) is 11.1 Å². The van der Waals surface area contributed by atoms with E-state index in [2.05, 4.69) is 13.8 Å². The molecule has 1 atom stereocenters. The van der Waals surface area contributed by atoms with E-state index in [-0.39, 0.29) is 18.4 Å². The summed E-state index contributed by atoms with van der Waals surface area (Å²) in [6, 6.07) is 19.0. The minimum atomic E-state index is -1.15. The summed E-state index contributed by atoms with van der Waals surface area (Å²) >= 11 is 0. The molecule has 0 fully saturated rings. The highest BCUT2D eigenvalue weighted by atomic mass is 35.5. The molecule has 0 saturated heterocycles. The van der Waals surface area contributed by atoms with Crippen LogP contribution >= 0.6 is 12.4 Å². The first-order chi connectivity index (χ1) is 9.55. The minimum absolute atomic E-state index is 0. The first-order valence-corrected chi connectivity index (χ1v) is 7.14. The smallest absolute Gasteiger partial charge is 0.130 e. The monoisotopic (exact) mass is 305 g/mol. The average Bonchev–Trinajstić information content (AvgIpc) is 2.47. The first kappa shape index (κ1) is 17.7. The second kappa shape index (κ2) is 7.60. The van der Waals surface area contributed by atoms with Crippen LogP contribution in [0.3, 0.4) is 0 Å². The zero-order valence-corrected chi connectivity index (χ0v) is 13.4. The summed E-state index contributed by atoms with van der Waals surface area (Å²) in [5, 5.41) is 11.3. The van der Waals surface area contributed by atoms with Crippen molar-refractivity contribution in [2.75, 3.05) is 0 Å². The Morgan fingerprint density at radius 3 is 1.62 bits per heavy atom. The number of hydrogen-bond donors (Lipinski definition) is 2. The van der Waals surface area contributed by atoms with E-state index in [1.807, 2.05) is 60.7 Å². The maximum Gasteiger partial charge on any atom is 0.130 e. The maximum atomic E-state index is 11.3. The molecular weight excluding hydrogens is 282 g/mol. The van der Waals surface area contributed by atoms with Gasteiger partial charge in [0.05, 0.1) is 0 Å². The third kappa shape index (κ3) is 3.85. The van der Waals surface area contributed by atoms with E-state index in [1.165, 1.54) is 0 Å². The van der Waals surface area contributed by atoms with Crippen LogP contribution in [0.5, 0.6) is 0 Å². The molecule has 2 nitrogen and oxygen atoms in total. The van der Waals surface area contributed by atoms with E-state index in [4.69, 9.17) is 5.73 Å². The summed E-state index contributed by atoms with van der Waals surface area (Å²) in [6.45, 7) is 4.24. The number of benzene rings is 2. The third-order valence-electron chi connectivity index (χ3n) is 3.69. The van der Waals surface area contributed by atoms with Crippen molar-refractivity contribution in [2.24, 2.45) is 11.7 Å². The molecule has 0 radical (unpaired) electrons. The van der Waals surface area contributed by atoms with Crippen LogP contribution in [0.4, 0.5) is 0 Å². The van der Waals surface area contributed by atoms with Crippen molar-refractivity contribution >= 4 is 12.4 Å². The quantitative estimate of drug-likeness (QED) is 0.884. The summed E-state index contributed by atoms with van der Waals surface area (Å²) in [6.07, 6.45) is 0.764. The summed E-state index contributed by atoms with van der Waals surface area (Å²) in [5.74, 6) is 0.434. The van der Waals surface area contributed by atoms with Crippen molar-refractivity contribution in [3.05, 3.63) is 71.8 Å². The Hall–Kier alpha value is -1.35. The van der Waals surface area contributed by atoms with E-state index >= 15 is 0 Å². The molecule has 0 aliphatic heterocycles. The van der Waals surface area contributed by atoms with Crippen molar-refractivity contribution in [1.82, 2.24) is 0 Å². The van der Waals surface area contributed by atoms with Crippen LogP contribution in [0, 0.1) is 5.92 Å². The Morgan fingerprint density at radius 2 is 1.29 bits per heavy atom. The summed E-state index contributed by atoms with van der Waals surface area (Å²) in [5.41, 5.74) is 6.91. The molecule has 2 rings (SSSR count). The van der Waals surface area contributed by atoms with E-state index in [0.717, 1.165) is 17.5 Å². The summed E-state index contributed by atoms with van der Waals surface area (Å²) in [4.78, 5) is 0. The predicted molar refractivity (Wildman–Crippen MR) is 90.6 cm³/mol. The molecule has 0 aromatic heterocycles. The van der Waals surface area contributed by atoms with Gasteiger partial charge in [-0.05, 0) is 23.5 Å². The Morgan fingerprint density at radius 1 is 0.905 bits per heavy atom. The van der Waals surface area contributed by atoms with Crippen molar-refractivity contribution < 1.29 is 5.11 Å². The third-order valence-corrected chi connectivity index (χ3v) is 3.69. The number of rotatable bonds is 5. The average molecular weight is 306 g/mol. The molecule has 2 aromatic rings. The number of hydrogen-bond acceptors (Lipinski definition) is 2. The van der Waals surface area contributed by atoms with Gasteiger partial charge in [0, 0.05) is 6.04 Å². The van der Waals surface area contributed by atoms with Gasteiger partial charge in [-0.25, -0.2) is 0 Å². The van der Waals surface area contributed by atoms with Crippen molar-refractivity contribution in [3.8, 4) is 0 Å². The van der Waals surface area contributed by atoms with Gasteiger partial charge < -0.3 is 10.8 Å². The molecule has 0 saturated carbocycles. The van der Waals surface area contributed by atoms with Crippen molar-refractivity contribution in [1.29, 1.82) is 0 Å². The van der Waals surface area contributed by atoms with Gasteiger partial charge in [-0.15, -0.1) is 12.4 Å². The van der Waals surface area contributed by atoms with Gasteiger partial charge in [0.1, 0.15) is 5.60 Å². The maximum absolute atomic E-state index is 11.3. The normalized spacial score (nSPS) is 12.8. The van der Waals surface area contributed by atoms with E-state index in [9.17, 15) is 5.11 Å². The lowest BCUT2D eigenvalue weighted by Gasteiger charge is -2.36. The molecule has 0 bridgehead atoms. The molecule has 0 aliphatic carbocycles. The highest BCUT2D eigenvalue weighted by molar-refractivity contribution is 5.85. The topological polar surface area (TPSA) is 46.2 Å². The fourth-order valence-corrected chi connectivity index (χ4v) is 2.66. The highest BCUT2D eigenvalue weighted by Gasteiger charge is 2.38. The lowest BCUT2D eigenvalue weighted by atomic mass is 9.78. The molecule has 2 aromatic carbocycles. The second-order valence-corrected chi connectivity index (χ2v) is 5.73. The highest BCUT2D eigenvalue weighted by Crippen LogP contribution is 2.34. The number of halogens is 1. The largest absolute Gasteiger partial charge is 0.379 e. The van der Waals surface area contributed by atoms with Gasteiger partial charge in [-0.2, -0.15) is 0 Å². The van der Waals surface area contributed by atoms with Crippen molar-refractivity contribution in [3.63, 3.8) is 0 Å².